The van der Waals surface area contributed by atoms with Gasteiger partial charge < -0.3 is 14.8 Å². The summed E-state index contributed by atoms with van der Waals surface area (Å²) >= 11 is 7.00. The van der Waals surface area contributed by atoms with Gasteiger partial charge in [-0.3, -0.25) is 0 Å². The standard InChI is InChI=1S/C16H18Br2N2O2/c1-21-16-12(9-13(17)10-14(16)18)11-19-6-4-8-22-15-5-2-3-7-20-15/h2-3,5,7,9-10,19H,4,6,8,11H2,1H3. The zero-order valence-corrected chi connectivity index (χ0v) is 15.5. The highest BCUT2D eigenvalue weighted by Gasteiger charge is 2.08. The van der Waals surface area contributed by atoms with Gasteiger partial charge in [0, 0.05) is 28.8 Å². The first-order valence-electron chi connectivity index (χ1n) is 6.97. The minimum atomic E-state index is 0.642. The maximum atomic E-state index is 5.55. The molecule has 118 valence electrons. The molecule has 0 aliphatic heterocycles. The first-order chi connectivity index (χ1) is 10.7. The van der Waals surface area contributed by atoms with Crippen LogP contribution in [0.5, 0.6) is 11.6 Å². The first kappa shape index (κ1) is 17.2. The van der Waals surface area contributed by atoms with E-state index in [2.05, 4.69) is 48.2 Å². The van der Waals surface area contributed by atoms with Crippen molar-refractivity contribution in [1.82, 2.24) is 10.3 Å². The van der Waals surface area contributed by atoms with Crippen LogP contribution in [0.25, 0.3) is 0 Å². The Morgan fingerprint density at radius 3 is 2.82 bits per heavy atom. The Morgan fingerprint density at radius 2 is 2.09 bits per heavy atom. The van der Waals surface area contributed by atoms with Crippen LogP contribution in [-0.2, 0) is 6.54 Å². The number of rotatable bonds is 8. The Hall–Kier alpha value is -1.11. The first-order valence-corrected chi connectivity index (χ1v) is 8.55. The molecule has 0 saturated carbocycles. The second-order valence-corrected chi connectivity index (χ2v) is 6.40. The molecule has 22 heavy (non-hydrogen) atoms. The molecule has 0 spiro atoms. The van der Waals surface area contributed by atoms with Crippen molar-refractivity contribution in [2.45, 2.75) is 13.0 Å². The van der Waals surface area contributed by atoms with E-state index in [9.17, 15) is 0 Å². The van der Waals surface area contributed by atoms with Crippen molar-refractivity contribution >= 4 is 31.9 Å². The highest BCUT2D eigenvalue weighted by molar-refractivity contribution is 9.11. The summed E-state index contributed by atoms with van der Waals surface area (Å²) in [6, 6.07) is 9.68. The van der Waals surface area contributed by atoms with Gasteiger partial charge in [0.2, 0.25) is 5.88 Å². The summed E-state index contributed by atoms with van der Waals surface area (Å²) in [4.78, 5) is 4.12. The lowest BCUT2D eigenvalue weighted by atomic mass is 10.2. The normalized spacial score (nSPS) is 10.5. The molecule has 0 fully saturated rings. The maximum absolute atomic E-state index is 5.55. The van der Waals surface area contributed by atoms with Gasteiger partial charge in [-0.15, -0.1) is 0 Å². The fourth-order valence-electron chi connectivity index (χ4n) is 2.00. The number of methoxy groups -OCH3 is 1. The van der Waals surface area contributed by atoms with E-state index in [1.54, 1.807) is 13.3 Å². The van der Waals surface area contributed by atoms with Gasteiger partial charge in [-0.2, -0.15) is 0 Å². The van der Waals surface area contributed by atoms with Gasteiger partial charge in [0.25, 0.3) is 0 Å². The number of benzene rings is 1. The molecule has 2 aromatic rings. The molecule has 0 bridgehead atoms. The van der Waals surface area contributed by atoms with Gasteiger partial charge in [0.1, 0.15) is 5.75 Å². The molecule has 0 atom stereocenters. The molecule has 0 unspecified atom stereocenters. The molecule has 0 saturated heterocycles. The monoisotopic (exact) mass is 428 g/mol. The van der Waals surface area contributed by atoms with Gasteiger partial charge in [-0.25, -0.2) is 4.98 Å². The van der Waals surface area contributed by atoms with Gasteiger partial charge in [0.15, 0.2) is 0 Å². The molecule has 0 aliphatic rings. The molecule has 2 rings (SSSR count). The Morgan fingerprint density at radius 1 is 1.23 bits per heavy atom. The third-order valence-corrected chi connectivity index (χ3v) is 4.04. The zero-order chi connectivity index (χ0) is 15.8. The van der Waals surface area contributed by atoms with Crippen molar-refractivity contribution in [1.29, 1.82) is 0 Å². The van der Waals surface area contributed by atoms with Gasteiger partial charge in [-0.1, -0.05) is 22.0 Å². The quantitative estimate of drug-likeness (QED) is 0.639. The van der Waals surface area contributed by atoms with Crippen molar-refractivity contribution in [2.24, 2.45) is 0 Å². The SMILES string of the molecule is COc1c(Br)cc(Br)cc1CNCCCOc1ccccn1. The minimum absolute atomic E-state index is 0.642. The summed E-state index contributed by atoms with van der Waals surface area (Å²) in [6.45, 7) is 2.24. The summed E-state index contributed by atoms with van der Waals surface area (Å²) in [5, 5.41) is 3.40. The Kier molecular flexibility index (Phi) is 7.15. The van der Waals surface area contributed by atoms with Gasteiger partial charge >= 0.3 is 0 Å². The number of aromatic nitrogens is 1. The summed E-state index contributed by atoms with van der Waals surface area (Å²) < 4.78 is 12.9. The van der Waals surface area contributed by atoms with Crippen molar-refractivity contribution in [3.63, 3.8) is 0 Å². The lowest BCUT2D eigenvalue weighted by Crippen LogP contribution is -2.17. The van der Waals surface area contributed by atoms with Crippen LogP contribution in [0.4, 0.5) is 0 Å². The molecule has 6 heteroatoms. The zero-order valence-electron chi connectivity index (χ0n) is 12.3. The number of nitrogens with zero attached hydrogens (tertiary/aromatic N) is 1. The van der Waals surface area contributed by atoms with Gasteiger partial charge in [-0.05, 0) is 47.1 Å². The lowest BCUT2D eigenvalue weighted by molar-refractivity contribution is 0.296. The third kappa shape index (κ3) is 5.26. The number of hydrogen-bond acceptors (Lipinski definition) is 4. The molecular weight excluding hydrogens is 412 g/mol. The van der Waals surface area contributed by atoms with Crippen LogP contribution in [0.3, 0.4) is 0 Å². The summed E-state index contributed by atoms with van der Waals surface area (Å²) in [5.41, 5.74) is 1.11. The van der Waals surface area contributed by atoms with E-state index < -0.39 is 0 Å². The van der Waals surface area contributed by atoms with Gasteiger partial charge in [0.05, 0.1) is 18.2 Å². The van der Waals surface area contributed by atoms with Crippen LogP contribution in [0.1, 0.15) is 12.0 Å². The smallest absolute Gasteiger partial charge is 0.213 e. The number of pyridine rings is 1. The van der Waals surface area contributed by atoms with Crippen molar-refractivity contribution < 1.29 is 9.47 Å². The molecule has 4 nitrogen and oxygen atoms in total. The van der Waals surface area contributed by atoms with Crippen LogP contribution >= 0.6 is 31.9 Å². The van der Waals surface area contributed by atoms with E-state index in [1.807, 2.05) is 24.3 Å². The molecule has 1 aromatic heterocycles. The molecule has 1 aromatic carbocycles. The number of halogens is 2. The average molecular weight is 430 g/mol. The van der Waals surface area contributed by atoms with E-state index in [0.29, 0.717) is 12.5 Å². The van der Waals surface area contributed by atoms with Crippen LogP contribution in [0.2, 0.25) is 0 Å². The summed E-state index contributed by atoms with van der Waals surface area (Å²) in [7, 11) is 1.68. The Balaban J connectivity index is 1.73. The molecule has 0 radical (unpaired) electrons. The number of ether oxygens (including phenoxy) is 2. The second-order valence-electron chi connectivity index (χ2n) is 4.63. The maximum Gasteiger partial charge on any atom is 0.213 e. The fraction of sp³-hybridized carbons (Fsp3) is 0.312. The second kappa shape index (κ2) is 9.12. The van der Waals surface area contributed by atoms with E-state index in [0.717, 1.165) is 39.8 Å². The summed E-state index contributed by atoms with van der Waals surface area (Å²) in [6.07, 6.45) is 2.64. The Bertz CT molecular complexity index is 594. The molecule has 0 amide bonds. The highest BCUT2D eigenvalue weighted by atomic mass is 79.9. The van der Waals surface area contributed by atoms with E-state index in [4.69, 9.17) is 9.47 Å². The predicted octanol–water partition coefficient (Wildman–Crippen LogP) is 4.17. The Labute approximate surface area is 147 Å². The van der Waals surface area contributed by atoms with Crippen molar-refractivity contribution in [3.05, 3.63) is 51.0 Å². The third-order valence-electron chi connectivity index (χ3n) is 2.99. The van der Waals surface area contributed by atoms with Crippen molar-refractivity contribution in [2.75, 3.05) is 20.3 Å². The summed E-state index contributed by atoms with van der Waals surface area (Å²) in [5.74, 6) is 1.53. The predicted molar refractivity (Wildman–Crippen MR) is 94.4 cm³/mol. The topological polar surface area (TPSA) is 43.4 Å². The molecule has 0 aliphatic carbocycles. The largest absolute Gasteiger partial charge is 0.495 e. The molecule has 1 N–H and O–H groups in total. The van der Waals surface area contributed by atoms with E-state index in [1.165, 1.54) is 0 Å². The number of hydrogen-bond donors (Lipinski definition) is 1. The van der Waals surface area contributed by atoms with Crippen LogP contribution in [-0.4, -0.2) is 25.2 Å². The fourth-order valence-corrected chi connectivity index (χ4v) is 3.48. The van der Waals surface area contributed by atoms with Crippen LogP contribution in [0.15, 0.2) is 45.5 Å². The number of nitrogens with one attached hydrogen (secondary N) is 1. The average Bonchev–Trinajstić information content (AvgIpc) is 2.51. The lowest BCUT2D eigenvalue weighted by Gasteiger charge is -2.12. The van der Waals surface area contributed by atoms with Crippen LogP contribution < -0.4 is 14.8 Å². The van der Waals surface area contributed by atoms with E-state index >= 15 is 0 Å². The molecular formula is C16H18Br2N2O2. The minimum Gasteiger partial charge on any atom is -0.495 e. The highest BCUT2D eigenvalue weighted by Crippen LogP contribution is 2.32. The van der Waals surface area contributed by atoms with E-state index in [-0.39, 0.29) is 0 Å². The van der Waals surface area contributed by atoms with Crippen molar-refractivity contribution in [3.8, 4) is 11.6 Å². The molecule has 1 heterocycles. The van der Waals surface area contributed by atoms with Crippen LogP contribution in [0, 0.1) is 0 Å².